The smallest absolute Gasteiger partial charge is 0.251 e. The number of aryl methyl sites for hydroxylation is 2. The summed E-state index contributed by atoms with van der Waals surface area (Å²) < 4.78 is 2.00. The summed E-state index contributed by atoms with van der Waals surface area (Å²) in [7, 11) is 0. The van der Waals surface area contributed by atoms with Crippen LogP contribution in [-0.4, -0.2) is 25.7 Å². The van der Waals surface area contributed by atoms with Crippen LogP contribution in [0.2, 0.25) is 0 Å². The number of fused-ring (bicyclic) bond motifs is 1. The Balaban J connectivity index is 1.21. The van der Waals surface area contributed by atoms with E-state index in [1.54, 1.807) is 0 Å². The summed E-state index contributed by atoms with van der Waals surface area (Å²) >= 11 is 0. The molecular formula is C31H30N6O. The van der Waals surface area contributed by atoms with E-state index in [0.29, 0.717) is 17.6 Å². The summed E-state index contributed by atoms with van der Waals surface area (Å²) in [4.78, 5) is 22.0. The first-order valence-corrected chi connectivity index (χ1v) is 13.0. The Kier molecular flexibility index (Phi) is 6.12. The molecule has 1 unspecified atom stereocenters. The number of hydrogen-bond donors (Lipinski definition) is 2. The minimum absolute atomic E-state index is 0.0736. The van der Waals surface area contributed by atoms with Crippen molar-refractivity contribution < 1.29 is 4.79 Å². The Morgan fingerprint density at radius 1 is 1.03 bits per heavy atom. The third kappa shape index (κ3) is 5.00. The zero-order chi connectivity index (χ0) is 26.2. The van der Waals surface area contributed by atoms with Crippen LogP contribution in [0.25, 0.3) is 22.0 Å². The predicted octanol–water partition coefficient (Wildman–Crippen LogP) is 6.68. The zero-order valence-corrected chi connectivity index (χ0v) is 21.8. The molecule has 0 bridgehead atoms. The fourth-order valence-electron chi connectivity index (χ4n) is 4.70. The van der Waals surface area contributed by atoms with Crippen molar-refractivity contribution in [3.8, 4) is 11.1 Å². The average Bonchev–Trinajstić information content (AvgIpc) is 3.67. The van der Waals surface area contributed by atoms with Crippen LogP contribution in [0.15, 0.2) is 79.3 Å². The van der Waals surface area contributed by atoms with E-state index in [4.69, 9.17) is 4.98 Å². The van der Waals surface area contributed by atoms with Gasteiger partial charge in [0.05, 0.1) is 29.5 Å². The first-order valence-electron chi connectivity index (χ1n) is 13.0. The first-order chi connectivity index (χ1) is 18.4. The molecule has 0 spiro atoms. The minimum Gasteiger partial charge on any atom is -0.346 e. The topological polar surface area (TPSA) is 84.7 Å². The highest BCUT2D eigenvalue weighted by Crippen LogP contribution is 2.35. The maximum absolute atomic E-state index is 12.8. The number of carbonyl (C=O) groups excluding carboxylic acids is 1. The van der Waals surface area contributed by atoms with Crippen molar-refractivity contribution in [2.45, 2.75) is 45.7 Å². The largest absolute Gasteiger partial charge is 0.346 e. The van der Waals surface area contributed by atoms with Gasteiger partial charge in [0.2, 0.25) is 5.95 Å². The molecular weight excluding hydrogens is 472 g/mol. The molecule has 2 aromatic heterocycles. The predicted molar refractivity (Wildman–Crippen MR) is 151 cm³/mol. The molecule has 190 valence electrons. The molecule has 5 aromatic rings. The third-order valence-corrected chi connectivity index (χ3v) is 7.06. The highest BCUT2D eigenvalue weighted by atomic mass is 16.1. The van der Waals surface area contributed by atoms with Gasteiger partial charge in [-0.05, 0) is 86.2 Å². The third-order valence-electron chi connectivity index (χ3n) is 7.06. The standard InChI is InChI=1S/C31H30N6O/c1-19-5-4-6-24(13-19)30(38)34-21(3)22-8-7-20(2)28(15-22)23-9-12-29-25(14-23)16-32-31(36-29)35-26-17-33-37(18-26)27-10-11-27/h4-9,12-18,21,27H,10-11H2,1-3H3,(H,34,38)(H,32,35,36). The lowest BCUT2D eigenvalue weighted by Gasteiger charge is -2.17. The molecule has 1 amide bonds. The second kappa shape index (κ2) is 9.74. The van der Waals surface area contributed by atoms with E-state index >= 15 is 0 Å². The Morgan fingerprint density at radius 2 is 1.89 bits per heavy atom. The van der Waals surface area contributed by atoms with Crippen LogP contribution in [0, 0.1) is 13.8 Å². The molecule has 2 N–H and O–H groups in total. The summed E-state index contributed by atoms with van der Waals surface area (Å²) in [5.41, 5.74) is 7.92. The van der Waals surface area contributed by atoms with Crippen LogP contribution in [0.3, 0.4) is 0 Å². The number of amides is 1. The van der Waals surface area contributed by atoms with Gasteiger partial charge in [0, 0.05) is 23.3 Å². The van der Waals surface area contributed by atoms with Crippen molar-refractivity contribution in [3.05, 3.63) is 102 Å². The van der Waals surface area contributed by atoms with Gasteiger partial charge in [-0.1, -0.05) is 35.9 Å². The number of hydrogen-bond acceptors (Lipinski definition) is 5. The monoisotopic (exact) mass is 502 g/mol. The fraction of sp³-hybridized carbons (Fsp3) is 0.226. The number of nitrogens with one attached hydrogen (secondary N) is 2. The van der Waals surface area contributed by atoms with Crippen molar-refractivity contribution in [2.75, 3.05) is 5.32 Å². The summed E-state index contributed by atoms with van der Waals surface area (Å²) in [5, 5.41) is 11.8. The second-order valence-corrected chi connectivity index (χ2v) is 10.2. The van der Waals surface area contributed by atoms with Gasteiger partial charge < -0.3 is 10.6 Å². The number of anilines is 2. The van der Waals surface area contributed by atoms with Crippen molar-refractivity contribution in [1.29, 1.82) is 0 Å². The van der Waals surface area contributed by atoms with Gasteiger partial charge >= 0.3 is 0 Å². The Labute approximate surface area is 222 Å². The van der Waals surface area contributed by atoms with Gasteiger partial charge in [0.25, 0.3) is 5.91 Å². The summed E-state index contributed by atoms with van der Waals surface area (Å²) in [5.74, 6) is 0.479. The maximum Gasteiger partial charge on any atom is 0.251 e. The van der Waals surface area contributed by atoms with E-state index in [9.17, 15) is 4.79 Å². The lowest BCUT2D eigenvalue weighted by molar-refractivity contribution is 0.0940. The summed E-state index contributed by atoms with van der Waals surface area (Å²) in [6, 6.07) is 20.6. The minimum atomic E-state index is -0.135. The first kappa shape index (κ1) is 23.9. The van der Waals surface area contributed by atoms with Crippen molar-refractivity contribution in [2.24, 2.45) is 0 Å². The molecule has 0 radical (unpaired) electrons. The van der Waals surface area contributed by atoms with Gasteiger partial charge in [-0.15, -0.1) is 0 Å². The molecule has 1 aliphatic rings. The number of nitrogens with zero attached hydrogens (tertiary/aromatic N) is 4. The summed E-state index contributed by atoms with van der Waals surface area (Å²) in [6.45, 7) is 6.10. The molecule has 6 rings (SSSR count). The van der Waals surface area contributed by atoms with Crippen LogP contribution < -0.4 is 10.6 Å². The molecule has 1 saturated carbocycles. The second-order valence-electron chi connectivity index (χ2n) is 10.2. The molecule has 7 nitrogen and oxygen atoms in total. The Morgan fingerprint density at radius 3 is 2.71 bits per heavy atom. The van der Waals surface area contributed by atoms with Crippen LogP contribution in [0.5, 0.6) is 0 Å². The normalized spacial score (nSPS) is 13.9. The van der Waals surface area contributed by atoms with Gasteiger partial charge in [0.1, 0.15) is 0 Å². The van der Waals surface area contributed by atoms with Crippen molar-refractivity contribution in [1.82, 2.24) is 25.1 Å². The van der Waals surface area contributed by atoms with Crippen LogP contribution in [0.1, 0.15) is 58.9 Å². The Hall–Kier alpha value is -4.52. The number of aromatic nitrogens is 4. The molecule has 1 fully saturated rings. The number of benzene rings is 3. The molecule has 38 heavy (non-hydrogen) atoms. The van der Waals surface area contributed by atoms with Crippen molar-refractivity contribution >= 4 is 28.4 Å². The van der Waals surface area contributed by atoms with Gasteiger partial charge in [-0.3, -0.25) is 9.48 Å². The quantitative estimate of drug-likeness (QED) is 0.259. The molecule has 0 saturated heterocycles. The molecule has 1 aliphatic carbocycles. The number of carbonyl (C=O) groups is 1. The molecule has 2 heterocycles. The lowest BCUT2D eigenvalue weighted by Crippen LogP contribution is -2.26. The Bertz CT molecular complexity index is 1650. The van der Waals surface area contributed by atoms with Gasteiger partial charge in [0.15, 0.2) is 0 Å². The molecule has 0 aliphatic heterocycles. The zero-order valence-electron chi connectivity index (χ0n) is 21.8. The van der Waals surface area contributed by atoms with Gasteiger partial charge in [-0.25, -0.2) is 9.97 Å². The molecule has 7 heteroatoms. The van der Waals surface area contributed by atoms with E-state index < -0.39 is 0 Å². The van der Waals surface area contributed by atoms with Crippen LogP contribution in [-0.2, 0) is 0 Å². The maximum atomic E-state index is 12.8. The van der Waals surface area contributed by atoms with E-state index in [2.05, 4.69) is 58.0 Å². The highest BCUT2D eigenvalue weighted by Gasteiger charge is 2.24. The number of rotatable bonds is 7. The van der Waals surface area contributed by atoms with Crippen LogP contribution >= 0.6 is 0 Å². The molecule has 1 atom stereocenters. The van der Waals surface area contributed by atoms with E-state index in [-0.39, 0.29) is 11.9 Å². The van der Waals surface area contributed by atoms with Crippen molar-refractivity contribution in [3.63, 3.8) is 0 Å². The SMILES string of the molecule is Cc1cccc(C(=O)NC(C)c2ccc(C)c(-c3ccc4nc(Nc5cnn(C6CC6)c5)ncc4c3)c2)c1. The van der Waals surface area contributed by atoms with Crippen LogP contribution in [0.4, 0.5) is 11.6 Å². The fourth-order valence-corrected chi connectivity index (χ4v) is 4.70. The lowest BCUT2D eigenvalue weighted by atomic mass is 9.95. The average molecular weight is 503 g/mol. The molecule has 3 aromatic carbocycles. The summed E-state index contributed by atoms with van der Waals surface area (Å²) in [6.07, 6.45) is 8.06. The van der Waals surface area contributed by atoms with Gasteiger partial charge in [-0.2, -0.15) is 5.10 Å². The van der Waals surface area contributed by atoms with E-state index in [1.165, 1.54) is 12.8 Å². The van der Waals surface area contributed by atoms with E-state index in [0.717, 1.165) is 44.4 Å². The highest BCUT2D eigenvalue weighted by molar-refractivity contribution is 5.94. The van der Waals surface area contributed by atoms with E-state index in [1.807, 2.05) is 67.5 Å².